The van der Waals surface area contributed by atoms with Gasteiger partial charge in [-0.2, -0.15) is 0 Å². The average Bonchev–Trinajstić information content (AvgIpc) is 2.59. The van der Waals surface area contributed by atoms with Crippen molar-refractivity contribution in [1.82, 2.24) is 5.32 Å². The normalized spacial score (nSPS) is 10.2. The van der Waals surface area contributed by atoms with Crippen LogP contribution in [0.3, 0.4) is 0 Å². The van der Waals surface area contributed by atoms with E-state index in [0.717, 1.165) is 9.32 Å². The Bertz CT molecular complexity index is 701. The number of amides is 1. The van der Waals surface area contributed by atoms with Crippen molar-refractivity contribution >= 4 is 28.5 Å². The number of aryl methyl sites for hydroxylation is 1. The first-order valence-electron chi connectivity index (χ1n) is 7.44. The summed E-state index contributed by atoms with van der Waals surface area (Å²) in [7, 11) is 3.11. The van der Waals surface area contributed by atoms with Crippen molar-refractivity contribution in [3.05, 3.63) is 51.1 Å². The van der Waals surface area contributed by atoms with Gasteiger partial charge in [0.15, 0.2) is 11.5 Å². The lowest BCUT2D eigenvalue weighted by Crippen LogP contribution is -2.28. The highest BCUT2D eigenvalue weighted by molar-refractivity contribution is 14.1. The number of ether oxygens (including phenoxy) is 3. The Kier molecular flexibility index (Phi) is 6.72. The van der Waals surface area contributed by atoms with Crippen molar-refractivity contribution in [2.45, 2.75) is 6.92 Å². The Hall–Kier alpha value is -1.96. The summed E-state index contributed by atoms with van der Waals surface area (Å²) in [5.74, 6) is 1.74. The number of benzene rings is 2. The third-order valence-electron chi connectivity index (χ3n) is 3.40. The maximum atomic E-state index is 12.3. The number of rotatable bonds is 7. The second kappa shape index (κ2) is 8.77. The largest absolute Gasteiger partial charge is 0.493 e. The molecule has 0 aliphatic heterocycles. The molecule has 5 nitrogen and oxygen atoms in total. The molecule has 0 spiro atoms. The molecule has 1 amide bonds. The Labute approximate surface area is 155 Å². The molecule has 0 radical (unpaired) electrons. The minimum Gasteiger partial charge on any atom is -0.493 e. The first kappa shape index (κ1) is 18.4. The van der Waals surface area contributed by atoms with E-state index in [-0.39, 0.29) is 5.91 Å². The van der Waals surface area contributed by atoms with Crippen LogP contribution in [0, 0.1) is 10.5 Å². The Morgan fingerprint density at radius 3 is 2.33 bits per heavy atom. The van der Waals surface area contributed by atoms with Gasteiger partial charge in [-0.3, -0.25) is 4.79 Å². The van der Waals surface area contributed by atoms with Crippen LogP contribution in [0.15, 0.2) is 36.4 Å². The number of halogens is 1. The molecule has 1 N–H and O–H groups in total. The molecule has 6 heteroatoms. The van der Waals surface area contributed by atoms with Gasteiger partial charge in [-0.15, -0.1) is 0 Å². The summed E-state index contributed by atoms with van der Waals surface area (Å²) in [6.45, 7) is 2.84. The summed E-state index contributed by atoms with van der Waals surface area (Å²) in [5.41, 5.74) is 1.72. The highest BCUT2D eigenvalue weighted by atomic mass is 127. The van der Waals surface area contributed by atoms with Crippen molar-refractivity contribution < 1.29 is 19.0 Å². The molecule has 2 aromatic carbocycles. The van der Waals surface area contributed by atoms with Gasteiger partial charge in [0.25, 0.3) is 5.91 Å². The van der Waals surface area contributed by atoms with Gasteiger partial charge in [0.2, 0.25) is 0 Å². The SMILES string of the molecule is COc1cc(I)c(C(=O)NCCOc2ccc(C)cc2)cc1OC. The third-order valence-corrected chi connectivity index (χ3v) is 4.29. The molecular weight excluding hydrogens is 421 g/mol. The maximum absolute atomic E-state index is 12.3. The van der Waals surface area contributed by atoms with Gasteiger partial charge in [0, 0.05) is 3.57 Å². The fourth-order valence-electron chi connectivity index (χ4n) is 2.09. The van der Waals surface area contributed by atoms with E-state index in [2.05, 4.69) is 27.9 Å². The summed E-state index contributed by atoms with van der Waals surface area (Å²) in [6, 6.07) is 11.2. The van der Waals surface area contributed by atoms with Crippen molar-refractivity contribution in [3.63, 3.8) is 0 Å². The average molecular weight is 441 g/mol. The van der Waals surface area contributed by atoms with E-state index in [1.165, 1.54) is 5.56 Å². The van der Waals surface area contributed by atoms with Gasteiger partial charge in [-0.1, -0.05) is 17.7 Å². The number of hydrogen-bond acceptors (Lipinski definition) is 4. The Balaban J connectivity index is 1.91. The second-order valence-corrected chi connectivity index (χ2v) is 6.27. The summed E-state index contributed by atoms with van der Waals surface area (Å²) in [4.78, 5) is 12.3. The van der Waals surface area contributed by atoms with Crippen LogP contribution in [-0.4, -0.2) is 33.3 Å². The van der Waals surface area contributed by atoms with E-state index in [4.69, 9.17) is 14.2 Å². The van der Waals surface area contributed by atoms with Crippen LogP contribution in [0.1, 0.15) is 15.9 Å². The Morgan fingerprint density at radius 1 is 1.08 bits per heavy atom. The second-order valence-electron chi connectivity index (χ2n) is 5.10. The van der Waals surface area contributed by atoms with Crippen LogP contribution in [0.4, 0.5) is 0 Å². The summed E-state index contributed by atoms with van der Waals surface area (Å²) in [6.07, 6.45) is 0. The molecule has 0 atom stereocenters. The lowest BCUT2D eigenvalue weighted by Gasteiger charge is -2.12. The van der Waals surface area contributed by atoms with Gasteiger partial charge in [-0.05, 0) is 53.8 Å². The molecule has 0 unspecified atom stereocenters. The number of carbonyl (C=O) groups is 1. The van der Waals surface area contributed by atoms with Crippen LogP contribution < -0.4 is 19.5 Å². The number of hydrogen-bond donors (Lipinski definition) is 1. The van der Waals surface area contributed by atoms with Crippen molar-refractivity contribution in [2.24, 2.45) is 0 Å². The van der Waals surface area contributed by atoms with Crippen LogP contribution in [0.2, 0.25) is 0 Å². The van der Waals surface area contributed by atoms with Gasteiger partial charge in [-0.25, -0.2) is 0 Å². The van der Waals surface area contributed by atoms with Gasteiger partial charge in [0.1, 0.15) is 12.4 Å². The quantitative estimate of drug-likeness (QED) is 0.529. The zero-order valence-corrected chi connectivity index (χ0v) is 16.0. The van der Waals surface area contributed by atoms with E-state index >= 15 is 0 Å². The van der Waals surface area contributed by atoms with Crippen LogP contribution in [-0.2, 0) is 0 Å². The van der Waals surface area contributed by atoms with Gasteiger partial charge in [0.05, 0.1) is 26.3 Å². The minimum atomic E-state index is -0.173. The van der Waals surface area contributed by atoms with E-state index in [9.17, 15) is 4.79 Å². The van der Waals surface area contributed by atoms with Gasteiger partial charge >= 0.3 is 0 Å². The summed E-state index contributed by atoms with van der Waals surface area (Å²) >= 11 is 2.10. The molecule has 0 aliphatic carbocycles. The number of nitrogens with one attached hydrogen (secondary N) is 1. The van der Waals surface area contributed by atoms with Crippen LogP contribution in [0.5, 0.6) is 17.2 Å². The molecule has 128 valence electrons. The zero-order valence-electron chi connectivity index (χ0n) is 13.9. The summed E-state index contributed by atoms with van der Waals surface area (Å²) < 4.78 is 16.9. The van der Waals surface area contributed by atoms with E-state index in [0.29, 0.717) is 30.2 Å². The molecular formula is C18H20INO4. The van der Waals surface area contributed by atoms with Crippen molar-refractivity contribution in [3.8, 4) is 17.2 Å². The van der Waals surface area contributed by atoms with Crippen LogP contribution >= 0.6 is 22.6 Å². The van der Waals surface area contributed by atoms with Gasteiger partial charge < -0.3 is 19.5 Å². The number of methoxy groups -OCH3 is 2. The molecule has 2 rings (SSSR count). The maximum Gasteiger partial charge on any atom is 0.252 e. The first-order valence-corrected chi connectivity index (χ1v) is 8.52. The first-order chi connectivity index (χ1) is 11.5. The molecule has 2 aromatic rings. The minimum absolute atomic E-state index is 0.173. The van der Waals surface area contributed by atoms with E-state index < -0.39 is 0 Å². The molecule has 0 fully saturated rings. The fraction of sp³-hybridized carbons (Fsp3) is 0.278. The predicted molar refractivity (Wildman–Crippen MR) is 101 cm³/mol. The molecule has 0 heterocycles. The zero-order chi connectivity index (χ0) is 17.5. The Morgan fingerprint density at radius 2 is 1.71 bits per heavy atom. The van der Waals surface area contributed by atoms with Crippen LogP contribution in [0.25, 0.3) is 0 Å². The monoisotopic (exact) mass is 441 g/mol. The molecule has 0 aliphatic rings. The lowest BCUT2D eigenvalue weighted by molar-refractivity contribution is 0.0945. The molecule has 0 saturated heterocycles. The summed E-state index contributed by atoms with van der Waals surface area (Å²) in [5, 5.41) is 2.85. The van der Waals surface area contributed by atoms with Crippen molar-refractivity contribution in [1.29, 1.82) is 0 Å². The predicted octanol–water partition coefficient (Wildman–Crippen LogP) is 3.43. The standard InChI is InChI=1S/C18H20INO4/c1-12-4-6-13(7-5-12)24-9-8-20-18(21)14-10-16(22-2)17(23-3)11-15(14)19/h4-7,10-11H,8-9H2,1-3H3,(H,20,21). The van der Waals surface area contributed by atoms with Crippen molar-refractivity contribution in [2.75, 3.05) is 27.4 Å². The highest BCUT2D eigenvalue weighted by Crippen LogP contribution is 2.31. The fourth-order valence-corrected chi connectivity index (χ4v) is 2.77. The molecule has 0 bridgehead atoms. The molecule has 0 aromatic heterocycles. The number of carbonyl (C=O) groups excluding carboxylic acids is 1. The van der Waals surface area contributed by atoms with E-state index in [1.807, 2.05) is 31.2 Å². The highest BCUT2D eigenvalue weighted by Gasteiger charge is 2.15. The topological polar surface area (TPSA) is 56.8 Å². The third kappa shape index (κ3) is 4.77. The smallest absolute Gasteiger partial charge is 0.252 e. The lowest BCUT2D eigenvalue weighted by atomic mass is 10.2. The molecule has 0 saturated carbocycles. The molecule has 24 heavy (non-hydrogen) atoms. The van der Waals surface area contributed by atoms with E-state index in [1.54, 1.807) is 26.4 Å².